The summed E-state index contributed by atoms with van der Waals surface area (Å²) in [6.45, 7) is 2.53. The molecule has 0 aromatic heterocycles. The van der Waals surface area contributed by atoms with Gasteiger partial charge in [0.1, 0.15) is 0 Å². The molecule has 4 atom stereocenters. The normalized spacial score (nSPS) is 39.0. The summed E-state index contributed by atoms with van der Waals surface area (Å²) < 4.78 is 5.44. The van der Waals surface area contributed by atoms with Crippen molar-refractivity contribution >= 4 is 0 Å². The first-order valence-corrected chi connectivity index (χ1v) is 5.22. The average molecular weight is 203 g/mol. The molecule has 0 amide bonds. The van der Waals surface area contributed by atoms with Gasteiger partial charge in [0.25, 0.3) is 0 Å². The van der Waals surface area contributed by atoms with Gasteiger partial charge in [-0.15, -0.1) is 0 Å². The molecule has 1 fully saturated rings. The second-order valence-electron chi connectivity index (χ2n) is 4.08. The Kier molecular flexibility index (Phi) is 4.31. The molecule has 84 valence electrons. The molecular weight excluding hydrogens is 182 g/mol. The first kappa shape index (κ1) is 11.9. The maximum absolute atomic E-state index is 9.97. The van der Waals surface area contributed by atoms with E-state index in [2.05, 4.69) is 0 Å². The maximum Gasteiger partial charge on any atom is 0.0981 e. The molecule has 0 aliphatic heterocycles. The van der Waals surface area contributed by atoms with E-state index in [1.165, 1.54) is 0 Å². The van der Waals surface area contributed by atoms with E-state index in [-0.39, 0.29) is 12.1 Å². The molecule has 4 heteroatoms. The Bertz CT molecular complexity index is 175. The summed E-state index contributed by atoms with van der Waals surface area (Å²) >= 11 is 0. The molecule has 2 N–H and O–H groups in total. The van der Waals surface area contributed by atoms with Gasteiger partial charge in [-0.05, 0) is 33.9 Å². The summed E-state index contributed by atoms with van der Waals surface area (Å²) in [6.07, 6.45) is 0.270. The van der Waals surface area contributed by atoms with Gasteiger partial charge in [-0.2, -0.15) is 0 Å². The molecule has 0 saturated heterocycles. The lowest BCUT2D eigenvalue weighted by Crippen LogP contribution is -2.56. The fraction of sp³-hybridized carbons (Fsp3) is 1.00. The number of aliphatic hydroxyl groups is 2. The first-order chi connectivity index (χ1) is 6.57. The van der Waals surface area contributed by atoms with Gasteiger partial charge in [-0.3, -0.25) is 0 Å². The number of hydrogen-bond acceptors (Lipinski definition) is 4. The number of hydrogen-bond donors (Lipinski definition) is 2. The zero-order chi connectivity index (χ0) is 10.7. The van der Waals surface area contributed by atoms with E-state index >= 15 is 0 Å². The third kappa shape index (κ3) is 2.45. The second-order valence-corrected chi connectivity index (χ2v) is 4.08. The minimum atomic E-state index is -0.589. The molecule has 1 aliphatic rings. The summed E-state index contributed by atoms with van der Waals surface area (Å²) in [4.78, 5) is 1.86. The summed E-state index contributed by atoms with van der Waals surface area (Å²) in [5, 5.41) is 19.7. The smallest absolute Gasteiger partial charge is 0.0981 e. The lowest BCUT2D eigenvalue weighted by atomic mass is 9.87. The molecule has 0 unspecified atom stereocenters. The van der Waals surface area contributed by atoms with Crippen LogP contribution >= 0.6 is 0 Å². The lowest BCUT2D eigenvalue weighted by molar-refractivity contribution is -0.123. The van der Waals surface area contributed by atoms with Crippen LogP contribution in [0.1, 0.15) is 19.8 Å². The summed E-state index contributed by atoms with van der Waals surface area (Å²) in [5.41, 5.74) is 0. The third-order valence-electron chi connectivity index (χ3n) is 2.85. The molecule has 1 aliphatic carbocycles. The number of rotatable bonds is 3. The van der Waals surface area contributed by atoms with E-state index in [1.807, 2.05) is 25.9 Å². The van der Waals surface area contributed by atoms with Crippen molar-refractivity contribution in [1.82, 2.24) is 4.90 Å². The van der Waals surface area contributed by atoms with Crippen molar-refractivity contribution in [1.29, 1.82) is 0 Å². The Balaban J connectivity index is 2.62. The quantitative estimate of drug-likeness (QED) is 0.669. The lowest BCUT2D eigenvalue weighted by Gasteiger charge is -2.41. The van der Waals surface area contributed by atoms with Gasteiger partial charge in [0, 0.05) is 6.61 Å². The molecular formula is C10H21NO3. The molecule has 1 saturated carbocycles. The van der Waals surface area contributed by atoms with Crippen LogP contribution < -0.4 is 0 Å². The van der Waals surface area contributed by atoms with Gasteiger partial charge in [0.2, 0.25) is 0 Å². The first-order valence-electron chi connectivity index (χ1n) is 5.22. The molecule has 0 radical (unpaired) electrons. The second kappa shape index (κ2) is 5.07. The molecule has 4 nitrogen and oxygen atoms in total. The van der Waals surface area contributed by atoms with E-state index in [0.29, 0.717) is 13.0 Å². The zero-order valence-electron chi connectivity index (χ0n) is 9.18. The van der Waals surface area contributed by atoms with Gasteiger partial charge < -0.3 is 19.8 Å². The highest BCUT2D eigenvalue weighted by atomic mass is 16.5. The monoisotopic (exact) mass is 203 g/mol. The largest absolute Gasteiger partial charge is 0.391 e. The molecule has 0 heterocycles. The summed E-state index contributed by atoms with van der Waals surface area (Å²) in [7, 11) is 3.73. The van der Waals surface area contributed by atoms with Gasteiger partial charge >= 0.3 is 0 Å². The van der Waals surface area contributed by atoms with E-state index in [9.17, 15) is 10.2 Å². The van der Waals surface area contributed by atoms with Crippen molar-refractivity contribution in [2.24, 2.45) is 0 Å². The highest BCUT2D eigenvalue weighted by Crippen LogP contribution is 2.24. The molecule has 14 heavy (non-hydrogen) atoms. The van der Waals surface area contributed by atoms with Gasteiger partial charge in [-0.1, -0.05) is 0 Å². The van der Waals surface area contributed by atoms with Crippen LogP contribution in [0.5, 0.6) is 0 Å². The van der Waals surface area contributed by atoms with Gasteiger partial charge in [0.15, 0.2) is 0 Å². The Morgan fingerprint density at radius 1 is 1.29 bits per heavy atom. The molecule has 0 aromatic carbocycles. The SMILES string of the molecule is CCO[C@H]1CC[C@@H](O)[C@H](N(C)C)[C@@H]1O. The highest BCUT2D eigenvalue weighted by Gasteiger charge is 2.39. The van der Waals surface area contributed by atoms with Gasteiger partial charge in [0.05, 0.1) is 24.4 Å². The van der Waals surface area contributed by atoms with Crippen molar-refractivity contribution in [3.8, 4) is 0 Å². The molecule has 0 spiro atoms. The Hall–Kier alpha value is -0.160. The van der Waals surface area contributed by atoms with Crippen LogP contribution in [0.4, 0.5) is 0 Å². The Morgan fingerprint density at radius 2 is 1.93 bits per heavy atom. The van der Waals surface area contributed by atoms with Crippen LogP contribution in [0, 0.1) is 0 Å². The van der Waals surface area contributed by atoms with Crippen LogP contribution in [-0.2, 0) is 4.74 Å². The van der Waals surface area contributed by atoms with Crippen molar-refractivity contribution in [3.63, 3.8) is 0 Å². The minimum absolute atomic E-state index is 0.129. The van der Waals surface area contributed by atoms with Crippen molar-refractivity contribution in [2.45, 2.75) is 44.1 Å². The van der Waals surface area contributed by atoms with E-state index in [0.717, 1.165) is 6.42 Å². The summed E-state index contributed by atoms with van der Waals surface area (Å²) in [5.74, 6) is 0. The maximum atomic E-state index is 9.97. The third-order valence-corrected chi connectivity index (χ3v) is 2.85. The summed E-state index contributed by atoms with van der Waals surface area (Å²) in [6, 6.07) is -0.208. The number of likely N-dealkylation sites (N-methyl/N-ethyl adjacent to an activating group) is 1. The van der Waals surface area contributed by atoms with E-state index in [1.54, 1.807) is 0 Å². The van der Waals surface area contributed by atoms with Crippen molar-refractivity contribution in [3.05, 3.63) is 0 Å². The topological polar surface area (TPSA) is 52.9 Å². The van der Waals surface area contributed by atoms with E-state index < -0.39 is 12.2 Å². The average Bonchev–Trinajstić information content (AvgIpc) is 2.10. The Labute approximate surface area is 85.5 Å². The van der Waals surface area contributed by atoms with Crippen LogP contribution in [0.2, 0.25) is 0 Å². The Morgan fingerprint density at radius 3 is 2.43 bits per heavy atom. The predicted octanol–water partition coefficient (Wildman–Crippen LogP) is -0.163. The number of ether oxygens (including phenoxy) is 1. The van der Waals surface area contributed by atoms with Crippen molar-refractivity contribution < 1.29 is 14.9 Å². The zero-order valence-corrected chi connectivity index (χ0v) is 9.18. The standard InChI is InChI=1S/C10H21NO3/c1-4-14-8-6-5-7(12)9(10(8)13)11(2)3/h7-10,12-13H,4-6H2,1-3H3/t7-,8+,9+,10-/m1/s1. The van der Waals surface area contributed by atoms with Gasteiger partial charge in [-0.25, -0.2) is 0 Å². The highest BCUT2D eigenvalue weighted by molar-refractivity contribution is 4.92. The van der Waals surface area contributed by atoms with Crippen molar-refractivity contribution in [2.75, 3.05) is 20.7 Å². The molecule has 0 aromatic rings. The van der Waals surface area contributed by atoms with Crippen LogP contribution in [0.3, 0.4) is 0 Å². The number of aliphatic hydroxyl groups excluding tert-OH is 2. The van der Waals surface area contributed by atoms with E-state index in [4.69, 9.17) is 4.74 Å². The van der Waals surface area contributed by atoms with Crippen LogP contribution in [0.25, 0.3) is 0 Å². The fourth-order valence-corrected chi connectivity index (χ4v) is 2.17. The van der Waals surface area contributed by atoms with Crippen LogP contribution in [0.15, 0.2) is 0 Å². The van der Waals surface area contributed by atoms with Crippen LogP contribution in [-0.4, -0.2) is 60.2 Å². The fourth-order valence-electron chi connectivity index (χ4n) is 2.17. The number of nitrogens with zero attached hydrogens (tertiary/aromatic N) is 1. The molecule has 1 rings (SSSR count). The minimum Gasteiger partial charge on any atom is -0.391 e. The predicted molar refractivity (Wildman–Crippen MR) is 54.1 cm³/mol. The molecule has 0 bridgehead atoms.